The van der Waals surface area contributed by atoms with Crippen LogP contribution in [0.3, 0.4) is 0 Å². The highest BCUT2D eigenvalue weighted by Gasteiger charge is 2.63. The maximum atomic E-state index is 6.35. The van der Waals surface area contributed by atoms with E-state index >= 15 is 0 Å². The Morgan fingerprint density at radius 2 is 0.750 bits per heavy atom. The van der Waals surface area contributed by atoms with E-state index in [2.05, 4.69) is 198 Å². The molecule has 0 saturated carbocycles. The molecule has 0 spiro atoms. The molecule has 0 N–H and O–H groups in total. The van der Waals surface area contributed by atoms with Gasteiger partial charge in [-0.2, -0.15) is 0 Å². The topological polar surface area (TPSA) is 65.2 Å². The summed E-state index contributed by atoms with van der Waals surface area (Å²) < 4.78 is 45.1. The number of fused-ring (bicyclic) bond motifs is 10. The summed E-state index contributed by atoms with van der Waals surface area (Å²) in [6.45, 7) is 24.6. The lowest BCUT2D eigenvalue weighted by Gasteiger charge is -2.32. The SMILES string of the molecule is Brc1ccc2c(c1)c1c3ccccc3sc1n2-c1ccccc1.CC1(C)OB(B2OC(C)(C)C(C)(C)O2)OC1(C)C.CC1(C)OB(c2ccc3c(c2)c2c4ccccc4sc2n3-c2ccccc2)OC1(C)C. The van der Waals surface area contributed by atoms with E-state index in [4.69, 9.17) is 27.9 Å². The van der Waals surface area contributed by atoms with Gasteiger partial charge in [-0.05, 0) is 149 Å². The van der Waals surface area contributed by atoms with Crippen molar-refractivity contribution < 1.29 is 27.9 Å². The van der Waals surface area contributed by atoms with Crippen LogP contribution in [0.4, 0.5) is 0 Å². The van der Waals surface area contributed by atoms with Crippen molar-refractivity contribution >= 4 is 128 Å². The Morgan fingerprint density at radius 1 is 0.389 bits per heavy atom. The van der Waals surface area contributed by atoms with Gasteiger partial charge < -0.3 is 37.1 Å². The number of benzene rings is 6. The lowest BCUT2D eigenvalue weighted by Crippen LogP contribution is -2.41. The van der Waals surface area contributed by atoms with E-state index in [1.165, 1.54) is 73.8 Å². The fourth-order valence-corrected chi connectivity index (χ4v) is 12.6. The number of hydrogen-bond acceptors (Lipinski definition) is 8. The van der Waals surface area contributed by atoms with Crippen LogP contribution in [0.15, 0.2) is 150 Å². The first-order valence-electron chi connectivity index (χ1n) is 24.8. The van der Waals surface area contributed by atoms with Crippen LogP contribution < -0.4 is 5.46 Å². The molecule has 3 aliphatic rings. The Bertz CT molecular complexity index is 3590. The second kappa shape index (κ2) is 17.7. The molecule has 366 valence electrons. The third kappa shape index (κ3) is 8.30. The maximum absolute atomic E-state index is 6.35. The van der Waals surface area contributed by atoms with Gasteiger partial charge in [0.25, 0.3) is 0 Å². The van der Waals surface area contributed by atoms with Crippen LogP contribution in [0.5, 0.6) is 0 Å². The zero-order valence-corrected chi connectivity index (χ0v) is 46.3. The average molecular weight is 1060 g/mol. The van der Waals surface area contributed by atoms with Gasteiger partial charge in [0.1, 0.15) is 9.66 Å². The highest BCUT2D eigenvalue weighted by atomic mass is 79.9. The van der Waals surface area contributed by atoms with Gasteiger partial charge in [-0.1, -0.05) is 101 Å². The van der Waals surface area contributed by atoms with Crippen LogP contribution in [-0.4, -0.2) is 63.9 Å². The lowest BCUT2D eigenvalue weighted by molar-refractivity contribution is 0.00578. The van der Waals surface area contributed by atoms with Crippen LogP contribution in [0.25, 0.3) is 73.8 Å². The number of nitrogens with zero attached hydrogens (tertiary/aromatic N) is 2. The predicted molar refractivity (Wildman–Crippen MR) is 308 cm³/mol. The second-order valence-electron chi connectivity index (χ2n) is 22.2. The van der Waals surface area contributed by atoms with E-state index < -0.39 is 14.0 Å². The Kier molecular flexibility index (Phi) is 12.2. The number of rotatable bonds is 4. The normalized spacial score (nSPS) is 19.4. The van der Waals surface area contributed by atoms with Gasteiger partial charge in [0.05, 0.1) is 44.6 Å². The number of aromatic nitrogens is 2. The van der Waals surface area contributed by atoms with Crippen LogP contribution in [0, 0.1) is 0 Å². The summed E-state index contributed by atoms with van der Waals surface area (Å²) in [7, 11) is -1.32. The summed E-state index contributed by atoms with van der Waals surface area (Å²) in [6, 6.07) is 51.7. The van der Waals surface area contributed by atoms with Crippen molar-refractivity contribution in [3.63, 3.8) is 0 Å². The Labute approximate surface area is 440 Å². The first-order chi connectivity index (χ1) is 34.1. The summed E-state index contributed by atoms with van der Waals surface area (Å²) >= 11 is 7.34. The minimum Gasteiger partial charge on any atom is -0.405 e. The lowest BCUT2D eigenvalue weighted by atomic mass is 9.49. The molecule has 13 rings (SSSR count). The molecule has 0 atom stereocenters. The monoisotopic (exact) mass is 1060 g/mol. The summed E-state index contributed by atoms with van der Waals surface area (Å²) in [5.74, 6) is 0. The van der Waals surface area contributed by atoms with Crippen molar-refractivity contribution in [3.8, 4) is 11.4 Å². The summed E-state index contributed by atoms with van der Waals surface area (Å²) in [6.07, 6.45) is 0. The average Bonchev–Trinajstić information content (AvgIpc) is 4.17. The Balaban J connectivity index is 0.000000122. The highest BCUT2D eigenvalue weighted by Crippen LogP contribution is 2.46. The summed E-state index contributed by atoms with van der Waals surface area (Å²) in [5.41, 5.74) is 3.77. The van der Waals surface area contributed by atoms with Crippen LogP contribution >= 0.6 is 38.6 Å². The van der Waals surface area contributed by atoms with Gasteiger partial charge in [0, 0.05) is 57.6 Å². The van der Waals surface area contributed by atoms with Gasteiger partial charge in [-0.15, -0.1) is 22.7 Å². The first kappa shape index (κ1) is 49.5. The number of halogens is 1. The molecule has 7 heterocycles. The quantitative estimate of drug-likeness (QED) is 0.164. The molecule has 0 radical (unpaired) electrons. The Hall–Kier alpha value is -4.73. The molecule has 10 aromatic rings. The van der Waals surface area contributed by atoms with Crippen LogP contribution in [-0.2, 0) is 27.9 Å². The number of para-hydroxylation sites is 2. The van der Waals surface area contributed by atoms with E-state index in [1.807, 2.05) is 78.1 Å². The molecule has 3 fully saturated rings. The molecule has 0 aliphatic carbocycles. The van der Waals surface area contributed by atoms with E-state index in [-0.39, 0.29) is 40.7 Å². The molecule has 0 bridgehead atoms. The molecule has 3 aliphatic heterocycles. The molecule has 72 heavy (non-hydrogen) atoms. The van der Waals surface area contributed by atoms with Crippen molar-refractivity contribution in [2.45, 2.75) is 117 Å². The second-order valence-corrected chi connectivity index (χ2v) is 25.2. The van der Waals surface area contributed by atoms with Crippen molar-refractivity contribution in [3.05, 3.63) is 150 Å². The molecular formula is C58H60B3BrN2O6S2. The summed E-state index contributed by atoms with van der Waals surface area (Å²) in [5, 5.41) is 7.83. The summed E-state index contributed by atoms with van der Waals surface area (Å²) in [4.78, 5) is 2.58. The molecule has 4 aromatic heterocycles. The van der Waals surface area contributed by atoms with E-state index in [1.54, 1.807) is 0 Å². The third-order valence-electron chi connectivity index (χ3n) is 15.9. The highest BCUT2D eigenvalue weighted by molar-refractivity contribution is 9.10. The van der Waals surface area contributed by atoms with Crippen molar-refractivity contribution in [1.82, 2.24) is 9.13 Å². The van der Waals surface area contributed by atoms with Gasteiger partial charge in [0.15, 0.2) is 0 Å². The standard InChI is InChI=1S/C26H24BNO2S.C20H12BrNS.C12H24B2O4/c1-25(2)26(3,4)30-27(29-25)17-14-15-21-20(16-17)23-19-12-8-9-13-22(19)31-24(23)28(21)18-10-6-5-7-11-18;21-13-10-11-17-16(12-13)19-15-8-4-5-9-18(15)23-20(19)22(17)14-6-2-1-3-7-14;1-9(2)10(3,4)16-13(15-9)14-17-11(5,6)12(7,8)18-14/h5-16H,1-4H3;1-12H;1-8H3. The zero-order valence-electron chi connectivity index (χ0n) is 43.1. The smallest absolute Gasteiger partial charge is 0.405 e. The fraction of sp³-hybridized carbons (Fsp3) is 0.310. The molecule has 0 amide bonds. The molecule has 3 saturated heterocycles. The molecule has 14 heteroatoms. The number of hydrogen-bond donors (Lipinski definition) is 0. The zero-order chi connectivity index (χ0) is 50.8. The van der Waals surface area contributed by atoms with E-state index in [0.717, 1.165) is 9.94 Å². The van der Waals surface area contributed by atoms with Crippen LogP contribution in [0.2, 0.25) is 0 Å². The maximum Gasteiger partial charge on any atom is 0.494 e. The number of thiophene rings is 2. The van der Waals surface area contributed by atoms with Crippen molar-refractivity contribution in [2.75, 3.05) is 0 Å². The molecule has 6 aromatic carbocycles. The van der Waals surface area contributed by atoms with E-state index in [0.29, 0.717) is 0 Å². The van der Waals surface area contributed by atoms with Gasteiger partial charge in [-0.3, -0.25) is 0 Å². The predicted octanol–water partition coefficient (Wildman–Crippen LogP) is 15.3. The third-order valence-corrected chi connectivity index (χ3v) is 18.7. The Morgan fingerprint density at radius 3 is 1.18 bits per heavy atom. The van der Waals surface area contributed by atoms with Crippen molar-refractivity contribution in [2.24, 2.45) is 0 Å². The molecule has 8 nitrogen and oxygen atoms in total. The van der Waals surface area contributed by atoms with Crippen LogP contribution in [0.1, 0.15) is 83.1 Å². The van der Waals surface area contributed by atoms with Gasteiger partial charge >= 0.3 is 21.1 Å². The van der Waals surface area contributed by atoms with Gasteiger partial charge in [-0.25, -0.2) is 0 Å². The fourth-order valence-electron chi connectivity index (χ4n) is 9.76. The molecule has 0 unspecified atom stereocenters. The van der Waals surface area contributed by atoms with Crippen molar-refractivity contribution in [1.29, 1.82) is 0 Å². The largest absolute Gasteiger partial charge is 0.494 e. The molecular weight excluding hydrogens is 997 g/mol. The minimum absolute atomic E-state index is 0.354. The first-order valence-corrected chi connectivity index (χ1v) is 27.2. The van der Waals surface area contributed by atoms with E-state index in [9.17, 15) is 0 Å². The van der Waals surface area contributed by atoms with Gasteiger partial charge in [0.2, 0.25) is 0 Å². The minimum atomic E-state index is -0.476.